The van der Waals surface area contributed by atoms with Crippen molar-refractivity contribution < 1.29 is 19.1 Å². The molecule has 0 fully saturated rings. The first-order valence-corrected chi connectivity index (χ1v) is 8.16. The molecule has 0 bridgehead atoms. The Hall–Kier alpha value is -2.92. The number of isocyanates is 1. The number of ether oxygens (including phenoxy) is 1. The van der Waals surface area contributed by atoms with Crippen LogP contribution in [0.5, 0.6) is 0 Å². The van der Waals surface area contributed by atoms with Crippen molar-refractivity contribution >= 4 is 29.5 Å². The number of amides is 2. The lowest BCUT2D eigenvalue weighted by molar-refractivity contribution is -0.139. The van der Waals surface area contributed by atoms with Crippen molar-refractivity contribution in [2.45, 2.75) is 40.2 Å². The second kappa shape index (κ2) is 8.97. The lowest BCUT2D eigenvalue weighted by Gasteiger charge is -2.35. The molecule has 0 unspecified atom stereocenters. The van der Waals surface area contributed by atoms with Gasteiger partial charge in [0.15, 0.2) is 0 Å². The topological polar surface area (TPSA) is 88.1 Å². The van der Waals surface area contributed by atoms with Crippen molar-refractivity contribution in [3.8, 4) is 0 Å². The van der Waals surface area contributed by atoms with Crippen molar-refractivity contribution in [2.24, 2.45) is 4.99 Å². The van der Waals surface area contributed by atoms with E-state index in [1.165, 1.54) is 6.08 Å². The van der Waals surface area contributed by atoms with Gasteiger partial charge in [0, 0.05) is 16.8 Å². The summed E-state index contributed by atoms with van der Waals surface area (Å²) in [5.74, 6) is -0.491. The van der Waals surface area contributed by atoms with Crippen LogP contribution < -0.4 is 5.32 Å². The molecule has 0 saturated carbocycles. The number of aryl methyl sites for hydroxylation is 1. The third kappa shape index (κ3) is 6.18. The molecule has 7 heteroatoms. The number of anilines is 1. The molecule has 0 heterocycles. The van der Waals surface area contributed by atoms with E-state index in [4.69, 9.17) is 4.74 Å². The molecule has 0 aromatic heterocycles. The van der Waals surface area contributed by atoms with E-state index in [0.717, 1.165) is 5.56 Å². The minimum atomic E-state index is -0.494. The van der Waals surface area contributed by atoms with Crippen molar-refractivity contribution in [3.05, 3.63) is 35.9 Å². The number of aliphatic imine (C=N–C) groups is 1. The van der Waals surface area contributed by atoms with E-state index in [2.05, 4.69) is 16.9 Å². The molecule has 0 spiro atoms. The third-order valence-electron chi connectivity index (χ3n) is 3.59. The summed E-state index contributed by atoms with van der Waals surface area (Å²) in [6.07, 6.45) is 1.47. The summed E-state index contributed by atoms with van der Waals surface area (Å²) in [5, 5.41) is 2.82. The molecule has 2 amide bonds. The van der Waals surface area contributed by atoms with Gasteiger partial charge in [-0.3, -0.25) is 0 Å². The quantitative estimate of drug-likeness (QED) is 0.363. The van der Waals surface area contributed by atoms with E-state index in [9.17, 15) is 14.4 Å². The van der Waals surface area contributed by atoms with E-state index in [0.29, 0.717) is 16.9 Å². The molecule has 1 aromatic rings. The monoisotopic (exact) mass is 359 g/mol. The van der Waals surface area contributed by atoms with Crippen LogP contribution in [0.4, 0.5) is 16.2 Å². The Morgan fingerprint density at radius 3 is 2.54 bits per heavy atom. The highest BCUT2D eigenvalue weighted by atomic mass is 16.5. The molecular formula is C19H25N3O4. The molecule has 26 heavy (non-hydrogen) atoms. The SMILES string of the molecule is C=C(C)C(=O)OCCN(C(=O)Nc1cc(N=C=O)ccc1C)C(C)(C)C. The highest BCUT2D eigenvalue weighted by molar-refractivity contribution is 5.91. The van der Waals surface area contributed by atoms with Gasteiger partial charge in [0.2, 0.25) is 6.08 Å². The Balaban J connectivity index is 2.90. The van der Waals surface area contributed by atoms with E-state index < -0.39 is 11.5 Å². The van der Waals surface area contributed by atoms with Crippen LogP contribution in [0.15, 0.2) is 35.3 Å². The van der Waals surface area contributed by atoms with Crippen molar-refractivity contribution in [3.63, 3.8) is 0 Å². The van der Waals surface area contributed by atoms with Crippen molar-refractivity contribution in [2.75, 3.05) is 18.5 Å². The van der Waals surface area contributed by atoms with E-state index in [1.54, 1.807) is 30.0 Å². The molecular weight excluding hydrogens is 334 g/mol. The number of carbonyl (C=O) groups excluding carboxylic acids is 3. The number of benzene rings is 1. The van der Waals surface area contributed by atoms with E-state index >= 15 is 0 Å². The van der Waals surface area contributed by atoms with Gasteiger partial charge >= 0.3 is 12.0 Å². The number of rotatable bonds is 6. The van der Waals surface area contributed by atoms with Crippen LogP contribution in [0.1, 0.15) is 33.3 Å². The third-order valence-corrected chi connectivity index (χ3v) is 3.59. The maximum atomic E-state index is 12.7. The summed E-state index contributed by atoms with van der Waals surface area (Å²) >= 11 is 0. The number of urea groups is 1. The predicted octanol–water partition coefficient (Wildman–Crippen LogP) is 3.71. The molecule has 0 saturated heterocycles. The number of carbonyl (C=O) groups is 2. The fourth-order valence-corrected chi connectivity index (χ4v) is 2.14. The van der Waals surface area contributed by atoms with Gasteiger partial charge in [-0.15, -0.1) is 0 Å². The lowest BCUT2D eigenvalue weighted by atomic mass is 10.1. The van der Waals surface area contributed by atoms with Gasteiger partial charge in [-0.25, -0.2) is 14.4 Å². The van der Waals surface area contributed by atoms with Crippen LogP contribution in [0.2, 0.25) is 0 Å². The van der Waals surface area contributed by atoms with Gasteiger partial charge in [0.25, 0.3) is 0 Å². The molecule has 1 N–H and O–H groups in total. The molecule has 1 aromatic carbocycles. The lowest BCUT2D eigenvalue weighted by Crippen LogP contribution is -2.49. The summed E-state index contributed by atoms with van der Waals surface area (Å²) in [7, 11) is 0. The largest absolute Gasteiger partial charge is 0.460 e. The summed E-state index contributed by atoms with van der Waals surface area (Å²) in [6.45, 7) is 12.8. The van der Waals surface area contributed by atoms with Crippen LogP contribution in [0.25, 0.3) is 0 Å². The molecule has 0 aliphatic rings. The first-order valence-electron chi connectivity index (χ1n) is 8.16. The van der Waals surface area contributed by atoms with Crippen LogP contribution in [0, 0.1) is 6.92 Å². The first-order chi connectivity index (χ1) is 12.1. The Morgan fingerprint density at radius 2 is 2.00 bits per heavy atom. The Kier molecular flexibility index (Phi) is 7.28. The number of esters is 1. The van der Waals surface area contributed by atoms with Crippen LogP contribution in [0.3, 0.4) is 0 Å². The zero-order valence-electron chi connectivity index (χ0n) is 15.9. The van der Waals surface area contributed by atoms with Crippen LogP contribution in [-0.4, -0.2) is 41.7 Å². The highest BCUT2D eigenvalue weighted by Crippen LogP contribution is 2.23. The number of hydrogen-bond donors (Lipinski definition) is 1. The van der Waals surface area contributed by atoms with Crippen molar-refractivity contribution in [1.82, 2.24) is 4.90 Å². The second-order valence-corrected chi connectivity index (χ2v) is 6.87. The molecule has 0 radical (unpaired) electrons. The van der Waals surface area contributed by atoms with E-state index in [1.807, 2.05) is 27.7 Å². The zero-order chi connectivity index (χ0) is 19.9. The highest BCUT2D eigenvalue weighted by Gasteiger charge is 2.27. The van der Waals surface area contributed by atoms with Crippen LogP contribution >= 0.6 is 0 Å². The summed E-state index contributed by atoms with van der Waals surface area (Å²) in [5.41, 5.74) is 1.58. The molecule has 140 valence electrons. The van der Waals surface area contributed by atoms with Crippen LogP contribution in [-0.2, 0) is 14.3 Å². The normalized spacial score (nSPS) is 10.5. The minimum Gasteiger partial charge on any atom is -0.460 e. The van der Waals surface area contributed by atoms with E-state index in [-0.39, 0.29) is 19.2 Å². The molecule has 0 aliphatic carbocycles. The summed E-state index contributed by atoms with van der Waals surface area (Å²) in [4.78, 5) is 39.8. The number of nitrogens with one attached hydrogen (secondary N) is 1. The van der Waals surface area contributed by atoms with Crippen molar-refractivity contribution in [1.29, 1.82) is 0 Å². The van der Waals surface area contributed by atoms with Gasteiger partial charge in [0.05, 0.1) is 12.2 Å². The minimum absolute atomic E-state index is 0.0604. The van der Waals surface area contributed by atoms with Gasteiger partial charge in [0.1, 0.15) is 6.61 Å². The fourth-order valence-electron chi connectivity index (χ4n) is 2.14. The molecule has 1 rings (SSSR count). The molecule has 0 atom stereocenters. The summed E-state index contributed by atoms with van der Waals surface area (Å²) < 4.78 is 5.09. The molecule has 7 nitrogen and oxygen atoms in total. The number of hydrogen-bond acceptors (Lipinski definition) is 5. The standard InChI is InChI=1S/C19H25N3O4/c1-13(2)17(24)26-10-9-22(19(4,5)6)18(25)21-16-11-15(20-12-23)8-7-14(16)3/h7-8,11H,1,9-10H2,2-6H3,(H,21,25). The Labute approximate surface area is 153 Å². The van der Waals surface area contributed by atoms with Gasteiger partial charge in [-0.05, 0) is 52.3 Å². The average molecular weight is 359 g/mol. The zero-order valence-corrected chi connectivity index (χ0v) is 15.9. The Morgan fingerprint density at radius 1 is 1.35 bits per heavy atom. The molecule has 0 aliphatic heterocycles. The smallest absolute Gasteiger partial charge is 0.333 e. The predicted molar refractivity (Wildman–Crippen MR) is 100 cm³/mol. The maximum absolute atomic E-state index is 12.7. The fraction of sp³-hybridized carbons (Fsp3) is 0.421. The van der Waals surface area contributed by atoms with Gasteiger partial charge in [-0.2, -0.15) is 4.99 Å². The summed E-state index contributed by atoms with van der Waals surface area (Å²) in [6, 6.07) is 4.66. The number of nitrogens with zero attached hydrogens (tertiary/aromatic N) is 2. The maximum Gasteiger partial charge on any atom is 0.333 e. The average Bonchev–Trinajstić information content (AvgIpc) is 2.53. The second-order valence-electron chi connectivity index (χ2n) is 6.87. The van der Waals surface area contributed by atoms with Gasteiger partial charge < -0.3 is 15.0 Å². The first kappa shape index (κ1) is 21.1. The van der Waals surface area contributed by atoms with Gasteiger partial charge in [-0.1, -0.05) is 12.6 Å². The Bertz CT molecular complexity index is 744.